The van der Waals surface area contributed by atoms with E-state index in [4.69, 9.17) is 13.8 Å². The van der Waals surface area contributed by atoms with Gasteiger partial charge in [-0.15, -0.1) is 0 Å². The van der Waals surface area contributed by atoms with Crippen molar-refractivity contribution in [3.63, 3.8) is 0 Å². The van der Waals surface area contributed by atoms with Crippen molar-refractivity contribution in [2.75, 3.05) is 14.2 Å². The molecule has 1 saturated heterocycles. The number of ether oxygens (including phenoxy) is 1. The Balaban J connectivity index is 1.86. The lowest BCUT2D eigenvalue weighted by atomic mass is 9.74. The molecule has 29 heavy (non-hydrogen) atoms. The highest BCUT2D eigenvalue weighted by Gasteiger charge is 2.80. The maximum Gasteiger partial charge on any atom is 0.359 e. The number of epoxide rings is 1. The zero-order valence-corrected chi connectivity index (χ0v) is 17.7. The van der Waals surface area contributed by atoms with Crippen LogP contribution < -0.4 is 11.4 Å². The average molecular weight is 419 g/mol. The Kier molecular flexibility index (Phi) is 3.56. The van der Waals surface area contributed by atoms with Crippen LogP contribution in [0.15, 0.2) is 50.8 Å². The molecule has 2 aromatic rings. The first-order valence-corrected chi connectivity index (χ1v) is 10.8. The van der Waals surface area contributed by atoms with Gasteiger partial charge < -0.3 is 13.8 Å². The summed E-state index contributed by atoms with van der Waals surface area (Å²) in [6.45, 7) is 5.58. The van der Waals surface area contributed by atoms with Gasteiger partial charge in [-0.1, -0.05) is 18.2 Å². The summed E-state index contributed by atoms with van der Waals surface area (Å²) in [4.78, 5) is 26.8. The van der Waals surface area contributed by atoms with Crippen LogP contribution in [0.1, 0.15) is 32.9 Å². The molecule has 3 aliphatic heterocycles. The van der Waals surface area contributed by atoms with Crippen LogP contribution in [0.3, 0.4) is 0 Å². The van der Waals surface area contributed by atoms with Gasteiger partial charge in [0.25, 0.3) is 0 Å². The van der Waals surface area contributed by atoms with Crippen LogP contribution in [0.2, 0.25) is 0 Å². The topological polar surface area (TPSA) is 97.0 Å². The molecule has 0 N–H and O–H groups in total. The molecule has 4 heterocycles. The molecule has 10 heteroatoms. The number of nitrogens with zero attached hydrogens (tertiary/aromatic N) is 3. The monoisotopic (exact) mass is 419 g/mol. The van der Waals surface area contributed by atoms with Crippen LogP contribution in [0.25, 0.3) is 5.69 Å². The molecule has 9 nitrogen and oxygen atoms in total. The third-order valence-corrected chi connectivity index (χ3v) is 8.92. The second-order valence-corrected chi connectivity index (χ2v) is 10.2. The highest BCUT2D eigenvalue weighted by atomic mass is 31.2. The summed E-state index contributed by atoms with van der Waals surface area (Å²) in [6.07, 6.45) is 0. The van der Waals surface area contributed by atoms with Gasteiger partial charge in [0.05, 0.1) is 11.0 Å². The molecule has 0 amide bonds. The standard InChI is InChI=1S/C19H22N3O6P/c1-11-13(29(25,26-4)27-5)15-19(3)18(2,28-19)14(11)21-16(23)20(17(24)22(15)21)12-9-7-6-8-10-12/h6-10,14-15H,1-5H3/t14-,15+,18+,19-/m0/s1. The SMILES string of the molecule is COP(=O)(OC)C1=C(C)[C@@H]2n3c(=O)n(-c4ccccc4)c(=O)n3[C@H]1[C@]1(C)O[C@]21C. The summed E-state index contributed by atoms with van der Waals surface area (Å²) >= 11 is 0. The minimum absolute atomic E-state index is 0.386. The highest BCUT2D eigenvalue weighted by Crippen LogP contribution is 2.75. The van der Waals surface area contributed by atoms with Gasteiger partial charge in [0.2, 0.25) is 0 Å². The first-order valence-electron chi connectivity index (χ1n) is 9.30. The number of hydrogen-bond acceptors (Lipinski definition) is 6. The molecular formula is C19H22N3O6P. The zero-order chi connectivity index (χ0) is 20.9. The third-order valence-electron chi connectivity index (χ3n) is 6.77. The Hall–Kier alpha value is -2.19. The van der Waals surface area contributed by atoms with E-state index in [2.05, 4.69) is 0 Å². The molecule has 1 fully saturated rings. The first kappa shape index (κ1) is 18.8. The first-order chi connectivity index (χ1) is 13.7. The van der Waals surface area contributed by atoms with Crippen LogP contribution >= 0.6 is 7.60 Å². The van der Waals surface area contributed by atoms with Gasteiger partial charge in [0.1, 0.15) is 23.3 Å². The fourth-order valence-corrected chi connectivity index (χ4v) is 6.99. The van der Waals surface area contributed by atoms with Gasteiger partial charge >= 0.3 is 19.0 Å². The summed E-state index contributed by atoms with van der Waals surface area (Å²) in [7, 11) is -1.05. The molecule has 1 aromatic carbocycles. The Morgan fingerprint density at radius 3 is 2.03 bits per heavy atom. The molecule has 4 atom stereocenters. The predicted molar refractivity (Wildman–Crippen MR) is 105 cm³/mol. The Bertz CT molecular complexity index is 1230. The maximum atomic E-state index is 13.4. The highest BCUT2D eigenvalue weighted by molar-refractivity contribution is 7.58. The van der Waals surface area contributed by atoms with Crippen molar-refractivity contribution in [2.24, 2.45) is 0 Å². The molecule has 0 saturated carbocycles. The lowest BCUT2D eigenvalue weighted by molar-refractivity contribution is 0.184. The largest absolute Gasteiger partial charge is 0.359 e. The van der Waals surface area contributed by atoms with Crippen LogP contribution in [-0.2, 0) is 18.3 Å². The van der Waals surface area contributed by atoms with E-state index < -0.39 is 42.3 Å². The molecule has 0 radical (unpaired) electrons. The quantitative estimate of drug-likeness (QED) is 0.557. The van der Waals surface area contributed by atoms with E-state index in [1.165, 1.54) is 23.6 Å². The van der Waals surface area contributed by atoms with Crippen LogP contribution in [0.4, 0.5) is 0 Å². The van der Waals surface area contributed by atoms with Crippen LogP contribution in [-0.4, -0.2) is 39.4 Å². The van der Waals surface area contributed by atoms with Gasteiger partial charge in [-0.05, 0) is 38.5 Å². The predicted octanol–water partition coefficient (Wildman–Crippen LogP) is 2.22. The average Bonchev–Trinajstić information content (AvgIpc) is 3.22. The van der Waals surface area contributed by atoms with Crippen molar-refractivity contribution in [1.29, 1.82) is 0 Å². The van der Waals surface area contributed by atoms with E-state index in [1.54, 1.807) is 31.2 Å². The molecule has 0 spiro atoms. The van der Waals surface area contributed by atoms with Crippen molar-refractivity contribution in [2.45, 2.75) is 44.1 Å². The zero-order valence-electron chi connectivity index (χ0n) is 16.8. The van der Waals surface area contributed by atoms with E-state index >= 15 is 0 Å². The van der Waals surface area contributed by atoms with Crippen molar-refractivity contribution in [1.82, 2.24) is 13.9 Å². The number of hydrogen-bond donors (Lipinski definition) is 0. The van der Waals surface area contributed by atoms with Crippen molar-refractivity contribution in [3.8, 4) is 5.69 Å². The lowest BCUT2D eigenvalue weighted by Gasteiger charge is -2.45. The third kappa shape index (κ3) is 1.94. The molecule has 1 aromatic heterocycles. The number of para-hydroxylation sites is 1. The second kappa shape index (κ2) is 5.49. The van der Waals surface area contributed by atoms with Gasteiger partial charge in [-0.3, -0.25) is 4.57 Å². The van der Waals surface area contributed by atoms with Gasteiger partial charge in [0.15, 0.2) is 0 Å². The molecule has 6 rings (SSSR count). The number of benzene rings is 1. The van der Waals surface area contributed by atoms with E-state index in [9.17, 15) is 14.2 Å². The second-order valence-electron chi connectivity index (χ2n) is 7.98. The lowest BCUT2D eigenvalue weighted by Crippen LogP contribution is -2.55. The number of aromatic nitrogens is 3. The maximum absolute atomic E-state index is 13.4. The summed E-state index contributed by atoms with van der Waals surface area (Å²) in [5.41, 5.74) is -1.33. The minimum atomic E-state index is -3.68. The number of rotatable bonds is 4. The molecule has 2 bridgehead atoms. The van der Waals surface area contributed by atoms with E-state index in [-0.39, 0.29) is 0 Å². The van der Waals surface area contributed by atoms with Crippen molar-refractivity contribution < 1.29 is 18.3 Å². The minimum Gasteiger partial charge on any atom is -0.358 e. The molecule has 154 valence electrons. The molecule has 4 aliphatic rings. The summed E-state index contributed by atoms with van der Waals surface area (Å²) in [5, 5.41) is 0.386. The Morgan fingerprint density at radius 2 is 1.48 bits per heavy atom. The Morgan fingerprint density at radius 1 is 0.966 bits per heavy atom. The van der Waals surface area contributed by atoms with E-state index in [1.807, 2.05) is 19.9 Å². The normalized spacial score (nSPS) is 32.3. The van der Waals surface area contributed by atoms with Gasteiger partial charge in [-0.25, -0.2) is 23.5 Å². The summed E-state index contributed by atoms with van der Waals surface area (Å²) in [6, 6.07) is 7.36. The van der Waals surface area contributed by atoms with Gasteiger partial charge in [-0.2, -0.15) is 0 Å². The van der Waals surface area contributed by atoms with Crippen LogP contribution in [0.5, 0.6) is 0 Å². The molecule has 0 unspecified atom stereocenters. The fourth-order valence-electron chi connectivity index (χ4n) is 5.24. The smallest absolute Gasteiger partial charge is 0.358 e. The summed E-state index contributed by atoms with van der Waals surface area (Å²) < 4.78 is 34.0. The Labute approximate surface area is 166 Å². The summed E-state index contributed by atoms with van der Waals surface area (Å²) in [5.74, 6) is 0. The molecule has 1 aliphatic carbocycles. The fraction of sp³-hybridized carbons (Fsp3) is 0.474. The van der Waals surface area contributed by atoms with Crippen LogP contribution in [0, 0.1) is 0 Å². The van der Waals surface area contributed by atoms with E-state index in [0.717, 1.165) is 4.57 Å². The van der Waals surface area contributed by atoms with Crippen molar-refractivity contribution in [3.05, 3.63) is 62.2 Å². The van der Waals surface area contributed by atoms with Gasteiger partial charge in [0, 0.05) is 14.2 Å². The van der Waals surface area contributed by atoms with Crippen molar-refractivity contribution >= 4 is 7.60 Å². The van der Waals surface area contributed by atoms with E-state index in [0.29, 0.717) is 16.6 Å². The molecular weight excluding hydrogens is 397 g/mol.